The molecule has 0 spiro atoms. The van der Waals surface area contributed by atoms with Crippen LogP contribution in [0.1, 0.15) is 33.9 Å². The number of ether oxygens (including phenoxy) is 1. The van der Waals surface area contributed by atoms with E-state index in [4.69, 9.17) is 4.74 Å². The molecular weight excluding hydrogens is 446 g/mol. The molecule has 1 fully saturated rings. The van der Waals surface area contributed by atoms with Crippen molar-refractivity contribution < 1.29 is 29.3 Å². The number of methoxy groups -OCH3 is 1. The minimum atomic E-state index is -0.913. The lowest BCUT2D eigenvalue weighted by molar-refractivity contribution is -0.139. The van der Waals surface area contributed by atoms with E-state index in [1.807, 2.05) is 19.9 Å². The minimum absolute atomic E-state index is 0.0343. The normalized spacial score (nSPS) is 17.0. The second-order valence-corrected chi connectivity index (χ2v) is 8.48. The zero-order valence-electron chi connectivity index (χ0n) is 19.6. The second kappa shape index (κ2) is 9.46. The molecule has 3 aromatic carbocycles. The Bertz CT molecular complexity index is 1340. The summed E-state index contributed by atoms with van der Waals surface area (Å²) in [6.45, 7) is 3.84. The van der Waals surface area contributed by atoms with Gasteiger partial charge in [-0.05, 0) is 66.4 Å². The van der Waals surface area contributed by atoms with Crippen molar-refractivity contribution in [3.05, 3.63) is 100 Å². The third kappa shape index (κ3) is 4.53. The molecule has 4 rings (SSSR count). The third-order valence-electron chi connectivity index (χ3n) is 6.22. The molecule has 1 unspecified atom stereocenters. The predicted molar refractivity (Wildman–Crippen MR) is 131 cm³/mol. The topological polar surface area (TPSA) is 104 Å². The Morgan fingerprint density at radius 3 is 2.20 bits per heavy atom. The van der Waals surface area contributed by atoms with Crippen molar-refractivity contribution in [3.8, 4) is 5.75 Å². The number of aliphatic hydroxyl groups excluding tert-OH is 1. The molecule has 1 aliphatic rings. The Morgan fingerprint density at radius 2 is 1.60 bits per heavy atom. The highest BCUT2D eigenvalue weighted by Crippen LogP contribution is 2.42. The van der Waals surface area contributed by atoms with Crippen LogP contribution in [0.3, 0.4) is 0 Å². The number of anilines is 1. The van der Waals surface area contributed by atoms with Gasteiger partial charge in [0, 0.05) is 11.3 Å². The predicted octanol–water partition coefficient (Wildman–Crippen LogP) is 4.35. The number of hydrogen-bond acceptors (Lipinski definition) is 6. The van der Waals surface area contributed by atoms with Crippen LogP contribution in [0.5, 0.6) is 5.75 Å². The van der Waals surface area contributed by atoms with E-state index in [2.05, 4.69) is 0 Å². The number of aromatic hydroxyl groups is 1. The number of phenols is 1. The number of hydrogen-bond donors (Lipinski definition) is 2. The summed E-state index contributed by atoms with van der Waals surface area (Å²) in [4.78, 5) is 39.4. The van der Waals surface area contributed by atoms with Gasteiger partial charge in [0.05, 0.1) is 25.1 Å². The zero-order chi connectivity index (χ0) is 25.3. The van der Waals surface area contributed by atoms with Gasteiger partial charge in [-0.15, -0.1) is 0 Å². The van der Waals surface area contributed by atoms with Gasteiger partial charge >= 0.3 is 5.97 Å². The molecule has 0 saturated carbocycles. The van der Waals surface area contributed by atoms with Crippen LogP contribution in [-0.4, -0.2) is 35.0 Å². The van der Waals surface area contributed by atoms with E-state index >= 15 is 0 Å². The fraction of sp³-hybridized carbons (Fsp3) is 0.179. The highest BCUT2D eigenvalue weighted by molar-refractivity contribution is 6.51. The number of amides is 1. The van der Waals surface area contributed by atoms with E-state index in [9.17, 15) is 24.6 Å². The molecule has 35 heavy (non-hydrogen) atoms. The highest BCUT2D eigenvalue weighted by atomic mass is 16.5. The van der Waals surface area contributed by atoms with Crippen LogP contribution in [0.2, 0.25) is 0 Å². The number of aliphatic hydroxyl groups is 1. The number of Topliss-reactive ketones (excluding diaryl/α,β-unsaturated/α-hetero) is 1. The van der Waals surface area contributed by atoms with Gasteiger partial charge in [-0.1, -0.05) is 36.4 Å². The number of ketones is 1. The summed E-state index contributed by atoms with van der Waals surface area (Å²) in [7, 11) is 1.31. The minimum Gasteiger partial charge on any atom is -0.508 e. The second-order valence-electron chi connectivity index (χ2n) is 8.48. The number of aryl methyl sites for hydroxylation is 2. The Kier molecular flexibility index (Phi) is 6.42. The molecule has 7 heteroatoms. The molecule has 0 radical (unpaired) electrons. The number of rotatable bonds is 5. The molecule has 7 nitrogen and oxygen atoms in total. The summed E-state index contributed by atoms with van der Waals surface area (Å²) in [5, 5.41) is 21.0. The quantitative estimate of drug-likeness (QED) is 0.248. The molecule has 1 amide bonds. The summed E-state index contributed by atoms with van der Waals surface area (Å²) in [6, 6.07) is 17.2. The molecule has 0 bridgehead atoms. The lowest BCUT2D eigenvalue weighted by atomic mass is 9.94. The standard InChI is InChI=1S/C28H25NO6/c1-16-4-7-20(14-17(16)2)26(32)24-25(19-8-12-22(30)13-9-19)29(28(34)27(24)33)21-10-5-18(6-11-21)15-23(31)35-3/h4-14,25,30,32H,15H2,1-3H3/b26-24-. The maximum atomic E-state index is 13.2. The largest absolute Gasteiger partial charge is 0.508 e. The average molecular weight is 472 g/mol. The average Bonchev–Trinajstić information content (AvgIpc) is 3.11. The molecular formula is C28H25NO6. The lowest BCUT2D eigenvalue weighted by Gasteiger charge is -2.25. The molecule has 0 aromatic heterocycles. The van der Waals surface area contributed by atoms with Crippen molar-refractivity contribution in [2.75, 3.05) is 12.0 Å². The number of benzene rings is 3. The lowest BCUT2D eigenvalue weighted by Crippen LogP contribution is -2.29. The molecule has 178 valence electrons. The summed E-state index contributed by atoms with van der Waals surface area (Å²) in [5.74, 6) is -2.22. The van der Waals surface area contributed by atoms with Gasteiger partial charge in [0.15, 0.2) is 0 Å². The molecule has 1 atom stereocenters. The van der Waals surface area contributed by atoms with E-state index in [0.717, 1.165) is 11.1 Å². The van der Waals surface area contributed by atoms with Gasteiger partial charge < -0.3 is 14.9 Å². The third-order valence-corrected chi connectivity index (χ3v) is 6.22. The van der Waals surface area contributed by atoms with E-state index in [1.54, 1.807) is 48.5 Å². The fourth-order valence-electron chi connectivity index (χ4n) is 4.13. The Labute approximate surface area is 202 Å². The molecule has 2 N–H and O–H groups in total. The van der Waals surface area contributed by atoms with Crippen LogP contribution in [-0.2, 0) is 25.5 Å². The summed E-state index contributed by atoms with van der Waals surface area (Å²) < 4.78 is 4.70. The SMILES string of the molecule is COC(=O)Cc1ccc(N2C(=O)C(=O)/C(=C(\O)c3ccc(C)c(C)c3)C2c2ccc(O)cc2)cc1. The molecule has 1 aliphatic heterocycles. The van der Waals surface area contributed by atoms with Crippen molar-refractivity contribution in [1.82, 2.24) is 0 Å². The number of esters is 1. The maximum Gasteiger partial charge on any atom is 0.309 e. The number of carbonyl (C=O) groups excluding carboxylic acids is 3. The number of phenolic OH excluding ortho intramolecular Hbond substituents is 1. The zero-order valence-corrected chi connectivity index (χ0v) is 19.6. The van der Waals surface area contributed by atoms with Crippen LogP contribution < -0.4 is 4.90 Å². The Morgan fingerprint density at radius 1 is 0.943 bits per heavy atom. The van der Waals surface area contributed by atoms with Gasteiger partial charge in [-0.2, -0.15) is 0 Å². The van der Waals surface area contributed by atoms with Crippen LogP contribution >= 0.6 is 0 Å². The van der Waals surface area contributed by atoms with E-state index in [0.29, 0.717) is 22.4 Å². The number of nitrogens with zero attached hydrogens (tertiary/aromatic N) is 1. The molecule has 1 heterocycles. The first-order valence-electron chi connectivity index (χ1n) is 11.0. The first-order valence-corrected chi connectivity index (χ1v) is 11.0. The van der Waals surface area contributed by atoms with E-state index < -0.39 is 23.7 Å². The van der Waals surface area contributed by atoms with Gasteiger partial charge in [-0.25, -0.2) is 0 Å². The Balaban J connectivity index is 1.85. The van der Waals surface area contributed by atoms with Crippen molar-refractivity contribution in [3.63, 3.8) is 0 Å². The Hall–Kier alpha value is -4.39. The molecule has 3 aromatic rings. The van der Waals surface area contributed by atoms with Crippen molar-refractivity contribution >= 4 is 29.1 Å². The monoisotopic (exact) mass is 471 g/mol. The van der Waals surface area contributed by atoms with Crippen LogP contribution in [0, 0.1) is 13.8 Å². The first-order chi connectivity index (χ1) is 16.7. The van der Waals surface area contributed by atoms with Crippen molar-refractivity contribution in [2.45, 2.75) is 26.3 Å². The van der Waals surface area contributed by atoms with E-state index in [1.165, 1.54) is 24.1 Å². The molecule has 0 aliphatic carbocycles. The van der Waals surface area contributed by atoms with Crippen molar-refractivity contribution in [1.29, 1.82) is 0 Å². The summed E-state index contributed by atoms with van der Waals surface area (Å²) in [5.41, 5.74) is 4.03. The van der Waals surface area contributed by atoms with Crippen LogP contribution in [0.15, 0.2) is 72.3 Å². The first kappa shape index (κ1) is 23.8. The highest BCUT2D eigenvalue weighted by Gasteiger charge is 2.47. The molecule has 1 saturated heterocycles. The van der Waals surface area contributed by atoms with Gasteiger partial charge in [-0.3, -0.25) is 19.3 Å². The van der Waals surface area contributed by atoms with Crippen molar-refractivity contribution in [2.24, 2.45) is 0 Å². The van der Waals surface area contributed by atoms with Gasteiger partial charge in [0.25, 0.3) is 11.7 Å². The van der Waals surface area contributed by atoms with Crippen LogP contribution in [0.25, 0.3) is 5.76 Å². The van der Waals surface area contributed by atoms with Gasteiger partial charge in [0.2, 0.25) is 0 Å². The fourth-order valence-corrected chi connectivity index (χ4v) is 4.13. The summed E-state index contributed by atoms with van der Waals surface area (Å²) in [6.07, 6.45) is 0.0732. The maximum absolute atomic E-state index is 13.2. The van der Waals surface area contributed by atoms with Crippen LogP contribution in [0.4, 0.5) is 5.69 Å². The number of carbonyl (C=O) groups is 3. The van der Waals surface area contributed by atoms with E-state index in [-0.39, 0.29) is 23.5 Å². The van der Waals surface area contributed by atoms with Gasteiger partial charge in [0.1, 0.15) is 11.5 Å². The smallest absolute Gasteiger partial charge is 0.309 e. The summed E-state index contributed by atoms with van der Waals surface area (Å²) >= 11 is 0.